The Morgan fingerprint density at radius 3 is 2.33 bits per heavy atom. The minimum absolute atomic E-state index is 0.138. The summed E-state index contributed by atoms with van der Waals surface area (Å²) < 4.78 is 5.14. The highest BCUT2D eigenvalue weighted by atomic mass is 16.6. The van der Waals surface area contributed by atoms with E-state index in [4.69, 9.17) is 4.74 Å². The summed E-state index contributed by atoms with van der Waals surface area (Å²) in [5.74, 6) is -0.138. The molecule has 0 aliphatic carbocycles. The second kappa shape index (κ2) is 9.36. The number of carbonyl (C=O) groups excluding carboxylic acids is 2. The predicted molar refractivity (Wildman–Crippen MR) is 106 cm³/mol. The summed E-state index contributed by atoms with van der Waals surface area (Å²) in [7, 11) is 0. The first-order chi connectivity index (χ1) is 13.2. The molecule has 0 radical (unpaired) electrons. The fourth-order valence-corrected chi connectivity index (χ4v) is 3.53. The summed E-state index contributed by atoms with van der Waals surface area (Å²) in [6.07, 6.45) is 4.29. The van der Waals surface area contributed by atoms with Crippen molar-refractivity contribution in [2.45, 2.75) is 51.5 Å². The second-order valence-electron chi connectivity index (χ2n) is 7.10. The van der Waals surface area contributed by atoms with Crippen LogP contribution in [0.3, 0.4) is 0 Å². The van der Waals surface area contributed by atoms with E-state index in [1.807, 2.05) is 30.3 Å². The van der Waals surface area contributed by atoms with Crippen LogP contribution < -0.4 is 0 Å². The fourth-order valence-electron chi connectivity index (χ4n) is 3.53. The summed E-state index contributed by atoms with van der Waals surface area (Å²) in [5.41, 5.74) is 3.68. The van der Waals surface area contributed by atoms with E-state index in [0.717, 1.165) is 31.2 Å². The van der Waals surface area contributed by atoms with Gasteiger partial charge in [0.15, 0.2) is 0 Å². The Hall–Kier alpha value is -2.62. The maximum absolute atomic E-state index is 12.6. The van der Waals surface area contributed by atoms with Crippen molar-refractivity contribution >= 4 is 12.0 Å². The van der Waals surface area contributed by atoms with Crippen LogP contribution >= 0.6 is 0 Å². The van der Waals surface area contributed by atoms with Gasteiger partial charge in [0, 0.05) is 6.42 Å². The van der Waals surface area contributed by atoms with Gasteiger partial charge in [0.05, 0.1) is 6.04 Å². The monoisotopic (exact) mass is 365 g/mol. The molecule has 1 aliphatic heterocycles. The van der Waals surface area contributed by atoms with Gasteiger partial charge in [-0.15, -0.1) is 0 Å². The normalized spacial score (nSPS) is 16.4. The molecule has 1 fully saturated rings. The number of nitrogens with zero attached hydrogens (tertiary/aromatic N) is 1. The average molecular weight is 365 g/mol. The number of carbonyl (C=O) groups is 2. The van der Waals surface area contributed by atoms with Crippen molar-refractivity contribution in [1.82, 2.24) is 4.90 Å². The minimum Gasteiger partial charge on any atom is -0.447 e. The number of aryl methyl sites for hydroxylation is 2. The van der Waals surface area contributed by atoms with Crippen molar-refractivity contribution < 1.29 is 14.3 Å². The first-order valence-electron chi connectivity index (χ1n) is 9.78. The third-order valence-corrected chi connectivity index (χ3v) is 4.96. The van der Waals surface area contributed by atoms with Crippen molar-refractivity contribution in [3.8, 4) is 0 Å². The molecule has 0 saturated carbocycles. The molecule has 0 spiro atoms. The van der Waals surface area contributed by atoms with Crippen LogP contribution in [-0.2, 0) is 28.8 Å². The van der Waals surface area contributed by atoms with Gasteiger partial charge in [-0.1, -0.05) is 67.9 Å². The molecule has 4 heteroatoms. The molecule has 1 aliphatic rings. The van der Waals surface area contributed by atoms with E-state index in [-0.39, 0.29) is 18.6 Å². The summed E-state index contributed by atoms with van der Waals surface area (Å²) in [6, 6.07) is 18.3. The van der Waals surface area contributed by atoms with Gasteiger partial charge in [0.25, 0.3) is 0 Å². The summed E-state index contributed by atoms with van der Waals surface area (Å²) >= 11 is 0. The Labute approximate surface area is 161 Å². The van der Waals surface area contributed by atoms with E-state index in [0.29, 0.717) is 12.8 Å². The van der Waals surface area contributed by atoms with Crippen molar-refractivity contribution in [2.75, 3.05) is 6.61 Å². The molecule has 2 aromatic rings. The van der Waals surface area contributed by atoms with Crippen LogP contribution in [0.25, 0.3) is 0 Å². The number of ether oxygens (including phenoxy) is 1. The zero-order chi connectivity index (χ0) is 19.1. The van der Waals surface area contributed by atoms with Gasteiger partial charge in [-0.05, 0) is 42.4 Å². The predicted octanol–water partition coefficient (Wildman–Crippen LogP) is 4.55. The first kappa shape index (κ1) is 19.2. The molecule has 27 heavy (non-hydrogen) atoms. The molecule has 142 valence electrons. The molecule has 1 atom stereocenters. The van der Waals surface area contributed by atoms with Gasteiger partial charge in [-0.25, -0.2) is 9.69 Å². The molecule has 0 N–H and O–H groups in total. The average Bonchev–Trinajstić information content (AvgIpc) is 3.04. The lowest BCUT2D eigenvalue weighted by molar-refractivity contribution is -0.129. The molecular weight excluding hydrogens is 338 g/mol. The van der Waals surface area contributed by atoms with E-state index >= 15 is 0 Å². The number of hydrogen-bond donors (Lipinski definition) is 0. The molecular formula is C23H27NO3. The van der Waals surface area contributed by atoms with E-state index in [2.05, 4.69) is 31.2 Å². The van der Waals surface area contributed by atoms with Crippen LogP contribution in [0.2, 0.25) is 0 Å². The zero-order valence-corrected chi connectivity index (χ0v) is 15.9. The number of rotatable bonds is 8. The number of imide groups is 1. The lowest BCUT2D eigenvalue weighted by Gasteiger charge is -2.19. The van der Waals surface area contributed by atoms with Crippen LogP contribution in [-0.4, -0.2) is 29.5 Å². The summed E-state index contributed by atoms with van der Waals surface area (Å²) in [4.78, 5) is 26.0. The van der Waals surface area contributed by atoms with Gasteiger partial charge in [-0.2, -0.15) is 0 Å². The molecule has 2 aromatic carbocycles. The Balaban J connectivity index is 1.51. The van der Waals surface area contributed by atoms with Gasteiger partial charge in [0.2, 0.25) is 5.91 Å². The Morgan fingerprint density at radius 2 is 1.67 bits per heavy atom. The molecule has 3 rings (SSSR count). The maximum atomic E-state index is 12.6. The highest BCUT2D eigenvalue weighted by Crippen LogP contribution is 2.19. The van der Waals surface area contributed by atoms with E-state index < -0.39 is 6.09 Å². The lowest BCUT2D eigenvalue weighted by Crippen LogP contribution is -2.40. The quantitative estimate of drug-likeness (QED) is 0.689. The molecule has 2 amide bonds. The standard InChI is InChI=1S/C23H27NO3/c1-2-7-18-12-14-19(15-13-18)10-6-11-22(25)24-21(17-27-23(24)26)16-20-8-4-3-5-9-20/h3-5,8-9,12-15,21H,2,6-7,10-11,16-17H2,1H3/t21-/m0/s1. The molecule has 0 bridgehead atoms. The highest BCUT2D eigenvalue weighted by Gasteiger charge is 2.37. The van der Waals surface area contributed by atoms with Gasteiger partial charge < -0.3 is 4.74 Å². The second-order valence-corrected chi connectivity index (χ2v) is 7.10. The number of amides is 2. The minimum atomic E-state index is -0.509. The van der Waals surface area contributed by atoms with Crippen LogP contribution in [0.5, 0.6) is 0 Å². The van der Waals surface area contributed by atoms with Crippen molar-refractivity contribution in [1.29, 1.82) is 0 Å². The summed E-state index contributed by atoms with van der Waals surface area (Å²) in [6.45, 7) is 2.45. The van der Waals surface area contributed by atoms with Crippen molar-refractivity contribution in [3.05, 3.63) is 71.3 Å². The first-order valence-corrected chi connectivity index (χ1v) is 9.78. The molecule has 4 nitrogen and oxygen atoms in total. The van der Waals surface area contributed by atoms with E-state index in [1.54, 1.807) is 0 Å². The van der Waals surface area contributed by atoms with E-state index in [9.17, 15) is 9.59 Å². The molecule has 1 heterocycles. The van der Waals surface area contributed by atoms with Crippen molar-refractivity contribution in [2.24, 2.45) is 0 Å². The van der Waals surface area contributed by atoms with Crippen molar-refractivity contribution in [3.63, 3.8) is 0 Å². The topological polar surface area (TPSA) is 46.6 Å². The third-order valence-electron chi connectivity index (χ3n) is 4.96. The largest absolute Gasteiger partial charge is 0.447 e. The van der Waals surface area contributed by atoms with Crippen LogP contribution in [0.4, 0.5) is 4.79 Å². The van der Waals surface area contributed by atoms with Crippen LogP contribution in [0.15, 0.2) is 54.6 Å². The Morgan fingerprint density at radius 1 is 1.00 bits per heavy atom. The van der Waals surface area contributed by atoms with Gasteiger partial charge >= 0.3 is 6.09 Å². The Kier molecular flexibility index (Phi) is 6.64. The SMILES string of the molecule is CCCc1ccc(CCCC(=O)N2C(=O)OC[C@@H]2Cc2ccccc2)cc1. The number of benzene rings is 2. The molecule has 1 saturated heterocycles. The van der Waals surface area contributed by atoms with Gasteiger partial charge in [-0.3, -0.25) is 4.79 Å². The van der Waals surface area contributed by atoms with E-state index in [1.165, 1.54) is 16.0 Å². The lowest BCUT2D eigenvalue weighted by atomic mass is 10.0. The number of hydrogen-bond acceptors (Lipinski definition) is 3. The third kappa shape index (κ3) is 5.19. The number of cyclic esters (lactones) is 1. The van der Waals surface area contributed by atoms with Gasteiger partial charge in [0.1, 0.15) is 6.61 Å². The smallest absolute Gasteiger partial charge is 0.416 e. The van der Waals surface area contributed by atoms with Crippen LogP contribution in [0, 0.1) is 0 Å². The molecule has 0 aromatic heterocycles. The zero-order valence-electron chi connectivity index (χ0n) is 15.9. The Bertz CT molecular complexity index is 755. The summed E-state index contributed by atoms with van der Waals surface area (Å²) in [5, 5.41) is 0. The fraction of sp³-hybridized carbons (Fsp3) is 0.391. The van der Waals surface area contributed by atoms with Crippen LogP contribution in [0.1, 0.15) is 42.9 Å². The maximum Gasteiger partial charge on any atom is 0.416 e. The molecule has 0 unspecified atom stereocenters. The highest BCUT2D eigenvalue weighted by molar-refractivity contribution is 5.93.